The Labute approximate surface area is 171 Å². The second-order valence-electron chi connectivity index (χ2n) is 7.85. The van der Waals surface area contributed by atoms with Crippen LogP contribution in [0, 0.1) is 13.8 Å². The Morgan fingerprint density at radius 1 is 1.07 bits per heavy atom. The van der Waals surface area contributed by atoms with Crippen LogP contribution in [0.25, 0.3) is 11.5 Å². The van der Waals surface area contributed by atoms with Gasteiger partial charge in [0.2, 0.25) is 11.8 Å². The molecule has 2 heterocycles. The standard InChI is InChI=1S/C24H27N3O2/c1-17-8-10-20(11-9-17)24-26-22(18(2)29-24)16-27(14-19-6-4-3-5-7-19)15-21-12-13-23(28)25-21/h3-11,21H,12-16H2,1-2H3,(H,25,28)/t21-/m0/s1. The first-order valence-electron chi connectivity index (χ1n) is 10.2. The summed E-state index contributed by atoms with van der Waals surface area (Å²) in [6.45, 7) is 6.33. The van der Waals surface area contributed by atoms with Crippen molar-refractivity contribution in [3.63, 3.8) is 0 Å². The molecule has 2 aromatic carbocycles. The molecule has 4 rings (SSSR count). The molecule has 0 unspecified atom stereocenters. The van der Waals surface area contributed by atoms with Gasteiger partial charge in [0.05, 0.1) is 5.69 Å². The van der Waals surface area contributed by atoms with E-state index in [1.807, 2.05) is 25.1 Å². The van der Waals surface area contributed by atoms with Crippen molar-refractivity contribution in [3.05, 3.63) is 77.2 Å². The molecule has 0 saturated carbocycles. The zero-order valence-corrected chi connectivity index (χ0v) is 17.0. The number of nitrogens with one attached hydrogen (secondary N) is 1. The Balaban J connectivity index is 1.53. The molecule has 0 radical (unpaired) electrons. The number of hydrogen-bond acceptors (Lipinski definition) is 4. The first-order valence-corrected chi connectivity index (χ1v) is 10.2. The number of oxazole rings is 1. The SMILES string of the molecule is Cc1ccc(-c2nc(CN(Cc3ccccc3)C[C@@H]3CCC(=O)N3)c(C)o2)cc1. The van der Waals surface area contributed by atoms with Crippen LogP contribution in [0.1, 0.15) is 35.4 Å². The molecule has 1 amide bonds. The van der Waals surface area contributed by atoms with Gasteiger partial charge in [-0.15, -0.1) is 0 Å². The molecule has 3 aromatic rings. The fraction of sp³-hybridized carbons (Fsp3) is 0.333. The van der Waals surface area contributed by atoms with E-state index < -0.39 is 0 Å². The van der Waals surface area contributed by atoms with E-state index in [1.54, 1.807) is 0 Å². The molecule has 0 bridgehead atoms. The van der Waals surface area contributed by atoms with Gasteiger partial charge < -0.3 is 9.73 Å². The first-order chi connectivity index (χ1) is 14.1. The Hall–Kier alpha value is -2.92. The number of carbonyl (C=O) groups excluding carboxylic acids is 1. The van der Waals surface area contributed by atoms with Crippen LogP contribution in [0.4, 0.5) is 0 Å². The smallest absolute Gasteiger partial charge is 0.226 e. The predicted octanol–water partition coefficient (Wildman–Crippen LogP) is 4.24. The van der Waals surface area contributed by atoms with Crippen molar-refractivity contribution in [2.24, 2.45) is 0 Å². The van der Waals surface area contributed by atoms with E-state index >= 15 is 0 Å². The van der Waals surface area contributed by atoms with Crippen LogP contribution >= 0.6 is 0 Å². The van der Waals surface area contributed by atoms with E-state index in [4.69, 9.17) is 9.40 Å². The van der Waals surface area contributed by atoms with E-state index in [-0.39, 0.29) is 11.9 Å². The van der Waals surface area contributed by atoms with Crippen molar-refractivity contribution in [1.82, 2.24) is 15.2 Å². The molecule has 1 atom stereocenters. The largest absolute Gasteiger partial charge is 0.441 e. The van der Waals surface area contributed by atoms with E-state index in [1.165, 1.54) is 11.1 Å². The number of benzene rings is 2. The molecule has 5 nitrogen and oxygen atoms in total. The average molecular weight is 389 g/mol. The number of nitrogens with zero attached hydrogens (tertiary/aromatic N) is 2. The molecule has 1 fully saturated rings. The summed E-state index contributed by atoms with van der Waals surface area (Å²) < 4.78 is 5.97. The minimum Gasteiger partial charge on any atom is -0.441 e. The molecule has 0 spiro atoms. The van der Waals surface area contributed by atoms with Gasteiger partial charge in [-0.25, -0.2) is 4.98 Å². The number of rotatable bonds is 7. The van der Waals surface area contributed by atoms with Gasteiger partial charge in [0, 0.05) is 37.7 Å². The molecule has 1 N–H and O–H groups in total. The average Bonchev–Trinajstić information content (AvgIpc) is 3.28. The van der Waals surface area contributed by atoms with Gasteiger partial charge in [0.15, 0.2) is 0 Å². The maximum atomic E-state index is 11.6. The highest BCUT2D eigenvalue weighted by molar-refractivity contribution is 5.78. The summed E-state index contributed by atoms with van der Waals surface area (Å²) in [6.07, 6.45) is 1.50. The molecule has 1 aromatic heterocycles. The fourth-order valence-electron chi connectivity index (χ4n) is 3.76. The van der Waals surface area contributed by atoms with E-state index in [2.05, 4.69) is 53.5 Å². The maximum absolute atomic E-state index is 11.6. The minimum atomic E-state index is 0.147. The number of amides is 1. The molecule has 5 heteroatoms. The number of carbonyl (C=O) groups is 1. The summed E-state index contributed by atoms with van der Waals surface area (Å²) in [5.41, 5.74) is 4.39. The lowest BCUT2D eigenvalue weighted by molar-refractivity contribution is -0.119. The lowest BCUT2D eigenvalue weighted by Crippen LogP contribution is -2.38. The summed E-state index contributed by atoms with van der Waals surface area (Å²) in [6, 6.07) is 18.8. The predicted molar refractivity (Wildman–Crippen MR) is 113 cm³/mol. The van der Waals surface area contributed by atoms with Crippen molar-refractivity contribution in [2.45, 2.75) is 45.8 Å². The Morgan fingerprint density at radius 2 is 1.83 bits per heavy atom. The van der Waals surface area contributed by atoms with Crippen molar-refractivity contribution in [2.75, 3.05) is 6.54 Å². The molecule has 0 aliphatic carbocycles. The van der Waals surface area contributed by atoms with Crippen molar-refractivity contribution in [1.29, 1.82) is 0 Å². The number of hydrogen-bond donors (Lipinski definition) is 1. The van der Waals surface area contributed by atoms with Gasteiger partial charge in [-0.3, -0.25) is 9.69 Å². The molecule has 1 aliphatic heterocycles. The van der Waals surface area contributed by atoms with Gasteiger partial charge in [-0.1, -0.05) is 48.0 Å². The normalized spacial score (nSPS) is 16.4. The highest BCUT2D eigenvalue weighted by Gasteiger charge is 2.24. The highest BCUT2D eigenvalue weighted by atomic mass is 16.4. The van der Waals surface area contributed by atoms with E-state index in [0.717, 1.165) is 36.5 Å². The third kappa shape index (κ3) is 4.93. The fourth-order valence-corrected chi connectivity index (χ4v) is 3.76. The zero-order chi connectivity index (χ0) is 20.2. The summed E-state index contributed by atoms with van der Waals surface area (Å²) in [4.78, 5) is 18.8. The summed E-state index contributed by atoms with van der Waals surface area (Å²) >= 11 is 0. The molecular weight excluding hydrogens is 362 g/mol. The third-order valence-corrected chi connectivity index (χ3v) is 5.38. The number of aromatic nitrogens is 1. The van der Waals surface area contributed by atoms with Crippen LogP contribution in [0.5, 0.6) is 0 Å². The van der Waals surface area contributed by atoms with Crippen LogP contribution in [0.2, 0.25) is 0 Å². The summed E-state index contributed by atoms with van der Waals surface area (Å²) in [7, 11) is 0. The van der Waals surface area contributed by atoms with Crippen LogP contribution in [-0.4, -0.2) is 28.4 Å². The minimum absolute atomic E-state index is 0.147. The van der Waals surface area contributed by atoms with Crippen LogP contribution in [0.3, 0.4) is 0 Å². The van der Waals surface area contributed by atoms with Gasteiger partial charge >= 0.3 is 0 Å². The lowest BCUT2D eigenvalue weighted by atomic mass is 10.1. The third-order valence-electron chi connectivity index (χ3n) is 5.38. The van der Waals surface area contributed by atoms with Crippen LogP contribution in [-0.2, 0) is 17.9 Å². The van der Waals surface area contributed by atoms with E-state index in [9.17, 15) is 4.79 Å². The second-order valence-corrected chi connectivity index (χ2v) is 7.85. The van der Waals surface area contributed by atoms with Gasteiger partial charge in [0.1, 0.15) is 5.76 Å². The van der Waals surface area contributed by atoms with E-state index in [0.29, 0.717) is 18.9 Å². The maximum Gasteiger partial charge on any atom is 0.226 e. The Kier molecular flexibility index (Phi) is 5.76. The zero-order valence-electron chi connectivity index (χ0n) is 17.0. The first kappa shape index (κ1) is 19.4. The molecular formula is C24H27N3O2. The number of aryl methyl sites for hydroxylation is 2. The van der Waals surface area contributed by atoms with Crippen molar-refractivity contribution < 1.29 is 9.21 Å². The highest BCUT2D eigenvalue weighted by Crippen LogP contribution is 2.24. The van der Waals surface area contributed by atoms with Gasteiger partial charge in [-0.05, 0) is 38.0 Å². The topological polar surface area (TPSA) is 58.4 Å². The molecule has 1 saturated heterocycles. The van der Waals surface area contributed by atoms with Crippen LogP contribution < -0.4 is 5.32 Å². The Bertz CT molecular complexity index is 964. The van der Waals surface area contributed by atoms with Crippen molar-refractivity contribution in [3.8, 4) is 11.5 Å². The van der Waals surface area contributed by atoms with Crippen LogP contribution in [0.15, 0.2) is 59.0 Å². The summed E-state index contributed by atoms with van der Waals surface area (Å²) in [5, 5.41) is 3.08. The van der Waals surface area contributed by atoms with Gasteiger partial charge in [-0.2, -0.15) is 0 Å². The quantitative estimate of drug-likeness (QED) is 0.657. The lowest BCUT2D eigenvalue weighted by Gasteiger charge is -2.25. The molecule has 29 heavy (non-hydrogen) atoms. The Morgan fingerprint density at radius 3 is 2.52 bits per heavy atom. The molecule has 1 aliphatic rings. The second kappa shape index (κ2) is 8.62. The van der Waals surface area contributed by atoms with Gasteiger partial charge in [0.25, 0.3) is 0 Å². The monoisotopic (exact) mass is 389 g/mol. The molecule has 150 valence electrons. The van der Waals surface area contributed by atoms with Crippen molar-refractivity contribution >= 4 is 5.91 Å². The summed E-state index contributed by atoms with van der Waals surface area (Å²) in [5.74, 6) is 1.65.